The first-order valence-corrected chi connectivity index (χ1v) is 6.88. The van der Waals surface area contributed by atoms with Crippen molar-refractivity contribution in [2.75, 3.05) is 0 Å². The molecule has 0 radical (unpaired) electrons. The lowest BCUT2D eigenvalue weighted by molar-refractivity contribution is 0.0729. The molecule has 0 saturated heterocycles. The number of rotatable bonds is 4. The van der Waals surface area contributed by atoms with Crippen molar-refractivity contribution in [1.29, 1.82) is 0 Å². The Hall–Kier alpha value is -2.29. The van der Waals surface area contributed by atoms with Crippen LogP contribution in [0.2, 0.25) is 0 Å². The van der Waals surface area contributed by atoms with Gasteiger partial charge >= 0.3 is 0 Å². The number of benzene rings is 2. The second-order valence-corrected chi connectivity index (χ2v) is 5.20. The van der Waals surface area contributed by atoms with Gasteiger partial charge in [-0.1, -0.05) is 30.3 Å². The second kappa shape index (κ2) is 5.37. The minimum Gasteiger partial charge on any atom is -0.508 e. The van der Waals surface area contributed by atoms with Gasteiger partial charge in [-0.15, -0.1) is 0 Å². The fourth-order valence-corrected chi connectivity index (χ4v) is 2.35. The van der Waals surface area contributed by atoms with Gasteiger partial charge in [0.1, 0.15) is 5.75 Å². The van der Waals surface area contributed by atoms with Crippen molar-refractivity contribution in [3.8, 4) is 5.75 Å². The Balaban J connectivity index is 1.81. The lowest BCUT2D eigenvalue weighted by Gasteiger charge is -2.22. The number of carbonyl (C=O) groups excluding carboxylic acids is 1. The summed E-state index contributed by atoms with van der Waals surface area (Å²) in [4.78, 5) is 14.5. The van der Waals surface area contributed by atoms with Gasteiger partial charge < -0.3 is 10.0 Å². The minimum absolute atomic E-state index is 0.0662. The molecule has 2 aromatic rings. The monoisotopic (exact) mass is 267 g/mol. The summed E-state index contributed by atoms with van der Waals surface area (Å²) < 4.78 is 0. The molecule has 0 aromatic heterocycles. The van der Waals surface area contributed by atoms with Crippen molar-refractivity contribution in [3.63, 3.8) is 0 Å². The molecule has 3 heteroatoms. The van der Waals surface area contributed by atoms with E-state index in [0.29, 0.717) is 12.6 Å². The Morgan fingerprint density at radius 2 is 1.85 bits per heavy atom. The van der Waals surface area contributed by atoms with E-state index >= 15 is 0 Å². The van der Waals surface area contributed by atoms with Crippen molar-refractivity contribution >= 4 is 5.91 Å². The number of nitrogens with zero attached hydrogens (tertiary/aromatic N) is 1. The van der Waals surface area contributed by atoms with E-state index in [1.165, 1.54) is 0 Å². The fourth-order valence-electron chi connectivity index (χ4n) is 2.35. The van der Waals surface area contributed by atoms with Crippen molar-refractivity contribution in [2.45, 2.75) is 25.4 Å². The SMILES string of the molecule is O=C(c1ccccc1)N(Cc1cccc(O)c1)C1CC1. The number of aromatic hydroxyl groups is 1. The molecule has 1 fully saturated rings. The molecule has 0 heterocycles. The molecule has 20 heavy (non-hydrogen) atoms. The maximum Gasteiger partial charge on any atom is 0.254 e. The zero-order chi connectivity index (χ0) is 13.9. The van der Waals surface area contributed by atoms with Crippen LogP contribution in [0.4, 0.5) is 0 Å². The van der Waals surface area contributed by atoms with E-state index in [2.05, 4.69) is 0 Å². The smallest absolute Gasteiger partial charge is 0.254 e. The standard InChI is InChI=1S/C17H17NO2/c19-16-8-4-5-13(11-16)12-18(15-9-10-15)17(20)14-6-2-1-3-7-14/h1-8,11,15,19H,9-10,12H2. The maximum atomic E-state index is 12.6. The van der Waals surface area contributed by atoms with Crippen LogP contribution in [0.5, 0.6) is 5.75 Å². The molecular formula is C17H17NO2. The summed E-state index contributed by atoms with van der Waals surface area (Å²) in [5.41, 5.74) is 1.68. The van der Waals surface area contributed by atoms with E-state index in [1.807, 2.05) is 47.4 Å². The predicted molar refractivity (Wildman–Crippen MR) is 77.4 cm³/mol. The molecule has 0 aliphatic heterocycles. The molecule has 1 N–H and O–H groups in total. The van der Waals surface area contributed by atoms with Gasteiger partial charge in [-0.25, -0.2) is 0 Å². The second-order valence-electron chi connectivity index (χ2n) is 5.20. The van der Waals surface area contributed by atoms with E-state index in [1.54, 1.807) is 12.1 Å². The average Bonchev–Trinajstić information content (AvgIpc) is 3.30. The van der Waals surface area contributed by atoms with Gasteiger partial charge in [0, 0.05) is 18.2 Å². The fraction of sp³-hybridized carbons (Fsp3) is 0.235. The molecular weight excluding hydrogens is 250 g/mol. The van der Waals surface area contributed by atoms with Crippen molar-refractivity contribution in [3.05, 3.63) is 65.7 Å². The Bertz CT molecular complexity index is 605. The predicted octanol–water partition coefficient (Wildman–Crippen LogP) is 3.20. The first kappa shape index (κ1) is 12.7. The van der Waals surface area contributed by atoms with Crippen LogP contribution in [0.15, 0.2) is 54.6 Å². The molecule has 102 valence electrons. The van der Waals surface area contributed by atoms with Gasteiger partial charge in [0.05, 0.1) is 0 Å². The molecule has 3 nitrogen and oxygen atoms in total. The first-order valence-electron chi connectivity index (χ1n) is 6.88. The molecule has 1 saturated carbocycles. The van der Waals surface area contributed by atoms with Crippen LogP contribution in [-0.2, 0) is 6.54 Å². The lowest BCUT2D eigenvalue weighted by Crippen LogP contribution is -2.32. The van der Waals surface area contributed by atoms with E-state index in [9.17, 15) is 9.90 Å². The third-order valence-electron chi connectivity index (χ3n) is 3.53. The van der Waals surface area contributed by atoms with Gasteiger partial charge in [0.2, 0.25) is 0 Å². The lowest BCUT2D eigenvalue weighted by atomic mass is 10.1. The van der Waals surface area contributed by atoms with Crippen LogP contribution in [0.1, 0.15) is 28.8 Å². The highest BCUT2D eigenvalue weighted by Crippen LogP contribution is 2.30. The number of hydrogen-bond acceptors (Lipinski definition) is 2. The highest BCUT2D eigenvalue weighted by molar-refractivity contribution is 5.94. The zero-order valence-corrected chi connectivity index (χ0v) is 11.2. The number of phenolic OH excluding ortho intramolecular Hbond substituents is 1. The highest BCUT2D eigenvalue weighted by atomic mass is 16.3. The third kappa shape index (κ3) is 2.82. The topological polar surface area (TPSA) is 40.5 Å². The van der Waals surface area contributed by atoms with Crippen LogP contribution >= 0.6 is 0 Å². The minimum atomic E-state index is 0.0662. The molecule has 0 spiro atoms. The van der Waals surface area contributed by atoms with Gasteiger partial charge in [0.25, 0.3) is 5.91 Å². The summed E-state index contributed by atoms with van der Waals surface area (Å²) in [6.07, 6.45) is 2.13. The largest absolute Gasteiger partial charge is 0.508 e. The molecule has 0 unspecified atom stereocenters. The number of phenols is 1. The first-order chi connectivity index (χ1) is 9.74. The molecule has 3 rings (SSSR count). The molecule has 1 amide bonds. The molecule has 1 aliphatic rings. The number of hydrogen-bond donors (Lipinski definition) is 1. The quantitative estimate of drug-likeness (QED) is 0.924. The maximum absolute atomic E-state index is 12.6. The average molecular weight is 267 g/mol. The summed E-state index contributed by atoms with van der Waals surface area (Å²) in [7, 11) is 0. The summed E-state index contributed by atoms with van der Waals surface area (Å²) in [5, 5.41) is 9.53. The van der Waals surface area contributed by atoms with Crippen molar-refractivity contribution < 1.29 is 9.90 Å². The molecule has 2 aromatic carbocycles. The Labute approximate surface area is 118 Å². The summed E-state index contributed by atoms with van der Waals surface area (Å²) >= 11 is 0. The van der Waals surface area contributed by atoms with Crippen LogP contribution < -0.4 is 0 Å². The van der Waals surface area contributed by atoms with Crippen LogP contribution in [0.3, 0.4) is 0 Å². The van der Waals surface area contributed by atoms with Gasteiger partial charge in [-0.05, 0) is 42.7 Å². The van der Waals surface area contributed by atoms with E-state index in [0.717, 1.165) is 24.0 Å². The Morgan fingerprint density at radius 3 is 2.50 bits per heavy atom. The highest BCUT2D eigenvalue weighted by Gasteiger charge is 2.32. The van der Waals surface area contributed by atoms with Gasteiger partial charge in [-0.3, -0.25) is 4.79 Å². The van der Waals surface area contributed by atoms with E-state index < -0.39 is 0 Å². The summed E-state index contributed by atoms with van der Waals surface area (Å²) in [6, 6.07) is 16.8. The zero-order valence-electron chi connectivity index (χ0n) is 11.2. The normalized spacial score (nSPS) is 14.0. The Kier molecular flexibility index (Phi) is 3.42. The molecule has 1 aliphatic carbocycles. The number of carbonyl (C=O) groups is 1. The van der Waals surface area contributed by atoms with Crippen LogP contribution in [-0.4, -0.2) is 22.0 Å². The van der Waals surface area contributed by atoms with Crippen molar-refractivity contribution in [2.24, 2.45) is 0 Å². The Morgan fingerprint density at radius 1 is 1.10 bits per heavy atom. The summed E-state index contributed by atoms with van der Waals surface area (Å²) in [6.45, 7) is 0.548. The van der Waals surface area contributed by atoms with Gasteiger partial charge in [0.15, 0.2) is 0 Å². The summed E-state index contributed by atoms with van der Waals surface area (Å²) in [5.74, 6) is 0.307. The van der Waals surface area contributed by atoms with Crippen LogP contribution in [0, 0.1) is 0 Å². The van der Waals surface area contributed by atoms with E-state index in [4.69, 9.17) is 0 Å². The number of amides is 1. The van der Waals surface area contributed by atoms with Crippen LogP contribution in [0.25, 0.3) is 0 Å². The molecule has 0 bridgehead atoms. The van der Waals surface area contributed by atoms with Gasteiger partial charge in [-0.2, -0.15) is 0 Å². The van der Waals surface area contributed by atoms with Crippen molar-refractivity contribution in [1.82, 2.24) is 4.90 Å². The third-order valence-corrected chi connectivity index (χ3v) is 3.53. The molecule has 0 atom stereocenters. The van der Waals surface area contributed by atoms with E-state index in [-0.39, 0.29) is 11.7 Å².